The quantitative estimate of drug-likeness (QED) is 0.604. The number of hydrogen-bond acceptors (Lipinski definition) is 2. The Morgan fingerprint density at radius 2 is 2.00 bits per heavy atom. The first-order valence-electron chi connectivity index (χ1n) is 4.73. The number of allylic oxidation sites excluding steroid dienone is 4. The molecule has 2 heteroatoms. The van der Waals surface area contributed by atoms with Crippen molar-refractivity contribution in [1.29, 1.82) is 0 Å². The van der Waals surface area contributed by atoms with Gasteiger partial charge in [-0.05, 0) is 24.3 Å². The van der Waals surface area contributed by atoms with Crippen LogP contribution in [0.15, 0.2) is 46.9 Å². The Balaban J connectivity index is 2.38. The Bertz CT molecular complexity index is 662. The van der Waals surface area contributed by atoms with Gasteiger partial charge in [0.05, 0.1) is 11.1 Å². The third-order valence-corrected chi connectivity index (χ3v) is 2.54. The Hall–Kier alpha value is -2.58. The first-order chi connectivity index (χ1) is 7.79. The van der Waals surface area contributed by atoms with Crippen molar-refractivity contribution in [3.63, 3.8) is 0 Å². The van der Waals surface area contributed by atoms with Gasteiger partial charge in [0.15, 0.2) is 5.78 Å². The highest BCUT2D eigenvalue weighted by Gasteiger charge is 2.32. The fourth-order valence-electron chi connectivity index (χ4n) is 1.79. The van der Waals surface area contributed by atoms with E-state index in [4.69, 9.17) is 0 Å². The number of rotatable bonds is 0. The number of ketones is 2. The molecule has 16 heavy (non-hydrogen) atoms. The fourth-order valence-corrected chi connectivity index (χ4v) is 1.79. The first-order valence-corrected chi connectivity index (χ1v) is 4.73. The van der Waals surface area contributed by atoms with Crippen molar-refractivity contribution in [3.05, 3.63) is 70.2 Å². The summed E-state index contributed by atoms with van der Waals surface area (Å²) in [6.45, 7) is 0. The van der Waals surface area contributed by atoms with E-state index in [1.54, 1.807) is 24.3 Å². The normalized spacial score (nSPS) is 16.0. The zero-order valence-electron chi connectivity index (χ0n) is 8.13. The maximum Gasteiger partial charge on any atom is 0.211 e. The molecule has 0 amide bonds. The molecule has 0 radical (unpaired) electrons. The van der Waals surface area contributed by atoms with E-state index < -0.39 is 0 Å². The second-order valence-electron chi connectivity index (χ2n) is 3.44. The molecule has 2 aliphatic rings. The Morgan fingerprint density at radius 3 is 2.88 bits per heavy atom. The summed E-state index contributed by atoms with van der Waals surface area (Å²) in [5.41, 5.74) is 6.68. The van der Waals surface area contributed by atoms with Crippen LogP contribution in [0.5, 0.6) is 0 Å². The van der Waals surface area contributed by atoms with Gasteiger partial charge in [-0.15, -0.1) is 0 Å². The van der Waals surface area contributed by atoms with E-state index in [2.05, 4.69) is 23.6 Å². The zero-order chi connectivity index (χ0) is 11.1. The lowest BCUT2D eigenvalue weighted by molar-refractivity contribution is 0.0973. The van der Waals surface area contributed by atoms with Crippen LogP contribution in [0.2, 0.25) is 0 Å². The molecular formula is C14H4O2. The Kier molecular flexibility index (Phi) is 1.61. The van der Waals surface area contributed by atoms with Crippen LogP contribution in [-0.2, 0) is 0 Å². The second kappa shape index (κ2) is 2.95. The highest BCUT2D eigenvalue weighted by molar-refractivity contribution is 6.30. The van der Waals surface area contributed by atoms with Crippen molar-refractivity contribution in [2.45, 2.75) is 0 Å². The fraction of sp³-hybridized carbons (Fsp3) is 0. The van der Waals surface area contributed by atoms with E-state index >= 15 is 0 Å². The topological polar surface area (TPSA) is 34.1 Å². The smallest absolute Gasteiger partial charge is 0.211 e. The summed E-state index contributed by atoms with van der Waals surface area (Å²) in [5, 5.41) is 0. The van der Waals surface area contributed by atoms with Gasteiger partial charge in [0.25, 0.3) is 0 Å². The molecular weight excluding hydrogens is 200 g/mol. The Labute approximate surface area is 91.9 Å². The van der Waals surface area contributed by atoms with Crippen LogP contribution in [0.1, 0.15) is 20.7 Å². The average Bonchev–Trinajstić information content (AvgIpc) is 2.36. The van der Waals surface area contributed by atoms with Gasteiger partial charge in [-0.3, -0.25) is 9.59 Å². The van der Waals surface area contributed by atoms with Gasteiger partial charge in [-0.25, -0.2) is 0 Å². The average molecular weight is 204 g/mol. The molecule has 0 fully saturated rings. The summed E-state index contributed by atoms with van der Waals surface area (Å²) in [7, 11) is 0. The predicted octanol–water partition coefficient (Wildman–Crippen LogP) is 1.84. The molecule has 0 aliphatic heterocycles. The summed E-state index contributed by atoms with van der Waals surface area (Å²) < 4.78 is 0. The number of fused-ring (bicyclic) bond motifs is 2. The van der Waals surface area contributed by atoms with Crippen molar-refractivity contribution in [1.82, 2.24) is 0 Å². The van der Waals surface area contributed by atoms with Crippen molar-refractivity contribution in [3.8, 4) is 0 Å². The number of carbonyl (C=O) groups is 2. The molecule has 1 aromatic rings. The van der Waals surface area contributed by atoms with Gasteiger partial charge < -0.3 is 0 Å². The van der Waals surface area contributed by atoms with Crippen molar-refractivity contribution in [2.24, 2.45) is 0 Å². The maximum absolute atomic E-state index is 12.0. The lowest BCUT2D eigenvalue weighted by atomic mass is 9.82. The number of Topliss-reactive ketones (excluding diaryl/α,β-unsaturated/α-hetero) is 2. The van der Waals surface area contributed by atoms with Crippen LogP contribution in [0, 0.1) is 12.1 Å². The maximum atomic E-state index is 12.0. The minimum atomic E-state index is -0.238. The summed E-state index contributed by atoms with van der Waals surface area (Å²) in [6, 6.07) is 8.53. The van der Waals surface area contributed by atoms with Crippen molar-refractivity contribution < 1.29 is 9.59 Å². The highest BCUT2D eigenvalue weighted by Crippen LogP contribution is 2.28. The van der Waals surface area contributed by atoms with E-state index in [0.29, 0.717) is 11.1 Å². The van der Waals surface area contributed by atoms with Crippen molar-refractivity contribution >= 4 is 11.6 Å². The highest BCUT2D eigenvalue weighted by atomic mass is 16.1. The molecule has 2 aliphatic carbocycles. The lowest BCUT2D eigenvalue weighted by Gasteiger charge is -2.16. The molecule has 72 valence electrons. The van der Waals surface area contributed by atoms with Crippen LogP contribution in [-0.4, -0.2) is 11.6 Å². The van der Waals surface area contributed by atoms with Gasteiger partial charge in [0.2, 0.25) is 5.78 Å². The van der Waals surface area contributed by atoms with E-state index in [9.17, 15) is 9.59 Å². The summed E-state index contributed by atoms with van der Waals surface area (Å²) in [4.78, 5) is 24.0. The third kappa shape index (κ3) is 0.988. The minimum absolute atomic E-state index is 0.167. The predicted molar refractivity (Wildman–Crippen MR) is 56.0 cm³/mol. The van der Waals surface area contributed by atoms with Gasteiger partial charge in [-0.1, -0.05) is 23.6 Å². The van der Waals surface area contributed by atoms with E-state index in [1.807, 2.05) is 0 Å². The molecule has 0 bridgehead atoms. The van der Waals surface area contributed by atoms with Gasteiger partial charge in [0, 0.05) is 11.1 Å². The molecule has 1 aromatic carbocycles. The monoisotopic (exact) mass is 204 g/mol. The summed E-state index contributed by atoms with van der Waals surface area (Å²) >= 11 is 0. The van der Waals surface area contributed by atoms with Crippen LogP contribution in [0.3, 0.4) is 0 Å². The molecule has 2 nitrogen and oxygen atoms in total. The number of hydrogen-bond donors (Lipinski definition) is 0. The largest absolute Gasteiger partial charge is 0.289 e. The molecule has 0 saturated carbocycles. The molecule has 0 atom stereocenters. The number of carbonyl (C=O) groups excluding carboxylic acids is 2. The van der Waals surface area contributed by atoms with Crippen molar-refractivity contribution in [2.75, 3.05) is 0 Å². The van der Waals surface area contributed by atoms with Gasteiger partial charge >= 0.3 is 0 Å². The molecule has 0 aromatic heterocycles. The minimum Gasteiger partial charge on any atom is -0.289 e. The SMILES string of the molecule is O=C1C2=C=C=CC=C2C(=O)c2ccc#cc21. The summed E-state index contributed by atoms with van der Waals surface area (Å²) in [6.07, 6.45) is 3.17. The van der Waals surface area contributed by atoms with Crippen LogP contribution in [0.4, 0.5) is 0 Å². The van der Waals surface area contributed by atoms with Crippen LogP contribution in [0.25, 0.3) is 0 Å². The second-order valence-corrected chi connectivity index (χ2v) is 3.44. The summed E-state index contributed by atoms with van der Waals surface area (Å²) in [5.74, 6) is -0.404. The zero-order valence-corrected chi connectivity index (χ0v) is 8.13. The van der Waals surface area contributed by atoms with E-state index in [-0.39, 0.29) is 22.7 Å². The van der Waals surface area contributed by atoms with Crippen LogP contribution >= 0.6 is 0 Å². The van der Waals surface area contributed by atoms with Gasteiger partial charge in [-0.2, -0.15) is 0 Å². The van der Waals surface area contributed by atoms with Gasteiger partial charge in [0.1, 0.15) is 0 Å². The van der Waals surface area contributed by atoms with E-state index in [1.165, 1.54) is 0 Å². The molecule has 0 N–H and O–H groups in total. The molecule has 0 unspecified atom stereocenters. The molecule has 0 heterocycles. The molecule has 0 saturated heterocycles. The molecule has 0 spiro atoms. The first kappa shape index (κ1) is 8.71. The standard InChI is InChI=1S/C14H4O2/c15-13-9-5-1-2-6-10(9)14(16)12-8-4-3-7-11(12)13/h1,3,5,7H. The van der Waals surface area contributed by atoms with E-state index in [0.717, 1.165) is 0 Å². The lowest BCUT2D eigenvalue weighted by Crippen LogP contribution is -2.22. The van der Waals surface area contributed by atoms with Crippen LogP contribution < -0.4 is 0 Å². The Morgan fingerprint density at radius 1 is 1.12 bits per heavy atom. The molecule has 3 rings (SSSR count). The third-order valence-electron chi connectivity index (χ3n) is 2.54.